The molecule has 0 unspecified atom stereocenters. The average molecular weight is 688 g/mol. The Morgan fingerprint density at radius 2 is 1.09 bits per heavy atom. The molecule has 0 saturated heterocycles. The van der Waals surface area contributed by atoms with Crippen molar-refractivity contribution >= 4 is 45.2 Å². The Hall–Kier alpha value is -1.30. The maximum absolute atomic E-state index is 14.1. The minimum Gasteiger partial charge on any atom is -0.166 e. The van der Waals surface area contributed by atoms with Gasteiger partial charge in [0.2, 0.25) is 0 Å². The first-order valence-corrected chi connectivity index (χ1v) is 12.1. The molecule has 3 rings (SSSR count). The van der Waals surface area contributed by atoms with Crippen molar-refractivity contribution in [2.75, 3.05) is 0 Å². The van der Waals surface area contributed by atoms with Gasteiger partial charge in [-0.2, -0.15) is 26.3 Å². The molecule has 0 atom stereocenters. The number of rotatable bonds is 3. The van der Waals surface area contributed by atoms with Crippen LogP contribution in [-0.2, 0) is 24.2 Å². The third kappa shape index (κ3) is 6.04. The molecule has 0 aliphatic rings. The van der Waals surface area contributed by atoms with E-state index in [2.05, 4.69) is 0 Å². The third-order valence-electron chi connectivity index (χ3n) is 5.33. The van der Waals surface area contributed by atoms with E-state index in [-0.39, 0.29) is 11.0 Å². The fourth-order valence-corrected chi connectivity index (χ4v) is 5.70. The van der Waals surface area contributed by atoms with Crippen LogP contribution in [0.5, 0.6) is 0 Å². The van der Waals surface area contributed by atoms with Crippen molar-refractivity contribution in [2.24, 2.45) is 0 Å². The van der Waals surface area contributed by atoms with Crippen molar-refractivity contribution in [3.05, 3.63) is 89.6 Å². The lowest BCUT2D eigenvalue weighted by molar-refractivity contribution is -0.144. The van der Waals surface area contributed by atoms with Crippen LogP contribution in [0.25, 0.3) is 11.1 Å². The SMILES string of the molecule is CC(C)(C)c1cc(I)c(Cc2c(C(F)(F)F)cc(-c3ccccc3)cc2C(F)(F)F)c(I)c1. The van der Waals surface area contributed by atoms with Gasteiger partial charge >= 0.3 is 12.4 Å². The van der Waals surface area contributed by atoms with Crippen molar-refractivity contribution in [3.63, 3.8) is 0 Å². The van der Waals surface area contributed by atoms with E-state index in [9.17, 15) is 26.3 Å². The lowest BCUT2D eigenvalue weighted by Gasteiger charge is -2.24. The summed E-state index contributed by atoms with van der Waals surface area (Å²) in [5, 5.41) is 0. The lowest BCUT2D eigenvalue weighted by atomic mass is 9.85. The van der Waals surface area contributed by atoms with E-state index in [0.29, 0.717) is 18.3 Å². The smallest absolute Gasteiger partial charge is 0.166 e. The van der Waals surface area contributed by atoms with Gasteiger partial charge < -0.3 is 0 Å². The van der Waals surface area contributed by atoms with Gasteiger partial charge in [-0.15, -0.1) is 0 Å². The zero-order valence-corrected chi connectivity index (χ0v) is 22.2. The van der Waals surface area contributed by atoms with Gasteiger partial charge in [-0.3, -0.25) is 0 Å². The Morgan fingerprint density at radius 3 is 1.48 bits per heavy atom. The molecule has 0 amide bonds. The largest absolute Gasteiger partial charge is 0.416 e. The molecule has 0 fully saturated rings. The maximum atomic E-state index is 14.1. The molecule has 0 radical (unpaired) electrons. The number of benzene rings is 3. The van der Waals surface area contributed by atoms with Crippen molar-refractivity contribution in [1.82, 2.24) is 0 Å². The Balaban J connectivity index is 2.27. The monoisotopic (exact) mass is 688 g/mol. The van der Waals surface area contributed by atoms with Gasteiger partial charge in [-0.25, -0.2) is 0 Å². The van der Waals surface area contributed by atoms with Gasteiger partial charge in [0.1, 0.15) is 0 Å². The van der Waals surface area contributed by atoms with Gasteiger partial charge in [0.15, 0.2) is 0 Å². The summed E-state index contributed by atoms with van der Waals surface area (Å²) >= 11 is 3.98. The van der Waals surface area contributed by atoms with Crippen LogP contribution in [0.4, 0.5) is 26.3 Å². The lowest BCUT2D eigenvalue weighted by Crippen LogP contribution is -2.18. The summed E-state index contributed by atoms with van der Waals surface area (Å²) in [5.41, 5.74) is -1.90. The number of hydrogen-bond donors (Lipinski definition) is 0. The zero-order chi connectivity index (χ0) is 24.8. The molecule has 0 heterocycles. The molecule has 0 N–H and O–H groups in total. The van der Waals surface area contributed by atoms with Crippen LogP contribution in [0.3, 0.4) is 0 Å². The fraction of sp³-hybridized carbons (Fsp3) is 0.280. The Morgan fingerprint density at radius 1 is 0.636 bits per heavy atom. The van der Waals surface area contributed by atoms with Crippen LogP contribution in [0, 0.1) is 7.14 Å². The summed E-state index contributed by atoms with van der Waals surface area (Å²) in [4.78, 5) is 0. The van der Waals surface area contributed by atoms with E-state index >= 15 is 0 Å². The van der Waals surface area contributed by atoms with Crippen molar-refractivity contribution in [3.8, 4) is 11.1 Å². The minimum atomic E-state index is -4.94. The molecule has 0 spiro atoms. The van der Waals surface area contributed by atoms with Crippen LogP contribution < -0.4 is 0 Å². The molecule has 33 heavy (non-hydrogen) atoms. The van der Waals surface area contributed by atoms with E-state index < -0.39 is 35.5 Å². The molecule has 0 aliphatic carbocycles. The summed E-state index contributed by atoms with van der Waals surface area (Å²) < 4.78 is 85.7. The second-order valence-electron chi connectivity index (χ2n) is 8.76. The van der Waals surface area contributed by atoms with Crippen molar-refractivity contribution in [1.29, 1.82) is 0 Å². The maximum Gasteiger partial charge on any atom is 0.416 e. The number of halogens is 8. The Labute approximate surface area is 216 Å². The number of hydrogen-bond acceptors (Lipinski definition) is 0. The van der Waals surface area contributed by atoms with Crippen LogP contribution in [-0.4, -0.2) is 0 Å². The van der Waals surface area contributed by atoms with Crippen LogP contribution in [0.1, 0.15) is 48.6 Å². The molecule has 8 heteroatoms. The molecular formula is C25H20F6I2. The van der Waals surface area contributed by atoms with Gasteiger partial charge in [0, 0.05) is 13.6 Å². The first kappa shape index (κ1) is 26.3. The molecule has 0 bridgehead atoms. The summed E-state index contributed by atoms with van der Waals surface area (Å²) in [6.45, 7) is 6.00. The van der Waals surface area contributed by atoms with Crippen molar-refractivity contribution < 1.29 is 26.3 Å². The van der Waals surface area contributed by atoms with Gasteiger partial charge in [0.25, 0.3) is 0 Å². The molecule has 3 aromatic rings. The van der Waals surface area contributed by atoms with E-state index in [1.54, 1.807) is 18.2 Å². The molecule has 0 aliphatic heterocycles. The predicted molar refractivity (Wildman–Crippen MR) is 135 cm³/mol. The van der Waals surface area contributed by atoms with Gasteiger partial charge in [0.05, 0.1) is 11.1 Å². The molecule has 0 nitrogen and oxygen atoms in total. The standard InChI is InChI=1S/C25H20F6I2/c1-23(2,3)16-11-21(32)18(22(33)12-16)13-17-19(24(26,27)28)9-15(10-20(17)25(29,30)31)14-7-5-4-6-8-14/h4-12H,13H2,1-3H3. The van der Waals surface area contributed by atoms with E-state index in [0.717, 1.165) is 17.7 Å². The molecule has 176 valence electrons. The predicted octanol–water partition coefficient (Wildman–Crippen LogP) is 9.49. The highest BCUT2D eigenvalue weighted by atomic mass is 127. The highest BCUT2D eigenvalue weighted by molar-refractivity contribution is 14.1. The second kappa shape index (κ2) is 9.39. The topological polar surface area (TPSA) is 0 Å². The third-order valence-corrected chi connectivity index (χ3v) is 7.25. The zero-order valence-electron chi connectivity index (χ0n) is 17.9. The quantitative estimate of drug-likeness (QED) is 0.190. The second-order valence-corrected chi connectivity index (χ2v) is 11.1. The Kier molecular flexibility index (Phi) is 7.49. The summed E-state index contributed by atoms with van der Waals surface area (Å²) in [7, 11) is 0. The summed E-state index contributed by atoms with van der Waals surface area (Å²) in [6.07, 6.45) is -10.4. The van der Waals surface area contributed by atoms with E-state index in [4.69, 9.17) is 0 Å². The molecule has 0 aromatic heterocycles. The van der Waals surface area contributed by atoms with Crippen LogP contribution in [0.15, 0.2) is 54.6 Å². The van der Waals surface area contributed by atoms with Crippen molar-refractivity contribution in [2.45, 2.75) is 45.0 Å². The fourth-order valence-electron chi connectivity index (χ4n) is 3.55. The summed E-state index contributed by atoms with van der Waals surface area (Å²) in [5.74, 6) is 0. The first-order valence-electron chi connectivity index (χ1n) is 9.94. The van der Waals surface area contributed by atoms with E-state index in [1.807, 2.05) is 78.1 Å². The van der Waals surface area contributed by atoms with Crippen LogP contribution in [0.2, 0.25) is 0 Å². The highest BCUT2D eigenvalue weighted by Crippen LogP contribution is 2.44. The highest BCUT2D eigenvalue weighted by Gasteiger charge is 2.41. The molecular weight excluding hydrogens is 668 g/mol. The average Bonchev–Trinajstić information content (AvgIpc) is 2.68. The minimum absolute atomic E-state index is 0.119. The summed E-state index contributed by atoms with van der Waals surface area (Å²) in [6, 6.07) is 13.1. The van der Waals surface area contributed by atoms with Gasteiger partial charge in [-0.1, -0.05) is 51.1 Å². The normalized spacial score (nSPS) is 12.8. The first-order chi connectivity index (χ1) is 15.1. The molecule has 0 saturated carbocycles. The number of alkyl halides is 6. The molecule has 3 aromatic carbocycles. The Bertz CT molecular complexity index is 1100. The van der Waals surface area contributed by atoms with Gasteiger partial charge in [-0.05, 0) is 103 Å². The van der Waals surface area contributed by atoms with E-state index in [1.165, 1.54) is 12.1 Å². The van der Waals surface area contributed by atoms with Crippen LogP contribution >= 0.6 is 45.2 Å².